The highest BCUT2D eigenvalue weighted by molar-refractivity contribution is 5.99. The van der Waals surface area contributed by atoms with Crippen LogP contribution in [0.4, 0.5) is 0 Å². The highest BCUT2D eigenvalue weighted by atomic mass is 15.1. The molecule has 6 heteroatoms. The maximum atomic E-state index is 4.64. The molecule has 1 aromatic carbocycles. The Bertz CT molecular complexity index is 1330. The summed E-state index contributed by atoms with van der Waals surface area (Å²) in [4.78, 5) is 12.6. The molecule has 0 bridgehead atoms. The minimum Gasteiger partial charge on any atom is -0.353 e. The number of nitrogens with one attached hydrogen (secondary N) is 3. The van der Waals surface area contributed by atoms with Gasteiger partial charge in [-0.05, 0) is 73.8 Å². The van der Waals surface area contributed by atoms with Crippen LogP contribution in [-0.2, 0) is 0 Å². The van der Waals surface area contributed by atoms with Gasteiger partial charge in [-0.3, -0.25) is 15.1 Å². The molecular formula is C24H22N6. The number of rotatable bonds is 3. The van der Waals surface area contributed by atoms with Gasteiger partial charge < -0.3 is 10.3 Å². The Morgan fingerprint density at radius 1 is 0.800 bits per heavy atom. The van der Waals surface area contributed by atoms with E-state index in [1.54, 1.807) is 6.20 Å². The Balaban J connectivity index is 1.47. The van der Waals surface area contributed by atoms with Crippen molar-refractivity contribution in [2.75, 3.05) is 13.1 Å². The maximum absolute atomic E-state index is 4.64. The van der Waals surface area contributed by atoms with E-state index in [2.05, 4.69) is 54.7 Å². The van der Waals surface area contributed by atoms with Gasteiger partial charge in [0, 0.05) is 28.7 Å². The largest absolute Gasteiger partial charge is 0.353 e. The molecule has 1 fully saturated rings. The number of hydrogen-bond donors (Lipinski definition) is 3. The number of nitrogens with zero attached hydrogens (tertiary/aromatic N) is 3. The Kier molecular flexibility index (Phi) is 4.09. The molecule has 1 aliphatic heterocycles. The smallest absolute Gasteiger partial charge is 0.116 e. The van der Waals surface area contributed by atoms with Gasteiger partial charge in [0.2, 0.25) is 0 Å². The zero-order valence-corrected chi connectivity index (χ0v) is 16.5. The molecule has 0 radical (unpaired) electrons. The number of hydrogen-bond acceptors (Lipinski definition) is 4. The van der Waals surface area contributed by atoms with Crippen LogP contribution < -0.4 is 5.32 Å². The van der Waals surface area contributed by atoms with Crippen LogP contribution in [-0.4, -0.2) is 38.2 Å². The molecule has 1 saturated heterocycles. The van der Waals surface area contributed by atoms with Gasteiger partial charge in [-0.1, -0.05) is 12.1 Å². The molecule has 30 heavy (non-hydrogen) atoms. The normalized spacial score (nSPS) is 15.2. The maximum Gasteiger partial charge on any atom is 0.116 e. The van der Waals surface area contributed by atoms with E-state index in [-0.39, 0.29) is 0 Å². The fourth-order valence-electron chi connectivity index (χ4n) is 4.53. The van der Waals surface area contributed by atoms with Crippen LogP contribution in [0.2, 0.25) is 0 Å². The van der Waals surface area contributed by atoms with Crippen molar-refractivity contribution < 1.29 is 0 Å². The second-order valence-electron chi connectivity index (χ2n) is 7.92. The lowest BCUT2D eigenvalue weighted by molar-refractivity contribution is 0.460. The van der Waals surface area contributed by atoms with Crippen molar-refractivity contribution in [2.45, 2.75) is 18.8 Å². The molecule has 5 heterocycles. The Labute approximate surface area is 173 Å². The zero-order valence-electron chi connectivity index (χ0n) is 16.5. The molecule has 1 aliphatic rings. The molecule has 3 N–H and O–H groups in total. The third kappa shape index (κ3) is 2.88. The summed E-state index contributed by atoms with van der Waals surface area (Å²) in [6, 6.07) is 16.8. The molecule has 0 aliphatic carbocycles. The number of fused-ring (bicyclic) bond motifs is 2. The van der Waals surface area contributed by atoms with Crippen molar-refractivity contribution >= 4 is 21.8 Å². The molecule has 0 saturated carbocycles. The Hall–Kier alpha value is -3.51. The van der Waals surface area contributed by atoms with Crippen LogP contribution >= 0.6 is 0 Å². The molecular weight excluding hydrogens is 372 g/mol. The van der Waals surface area contributed by atoms with E-state index in [1.807, 2.05) is 30.5 Å². The van der Waals surface area contributed by atoms with E-state index in [0.717, 1.165) is 57.7 Å². The van der Waals surface area contributed by atoms with Gasteiger partial charge in [0.1, 0.15) is 5.69 Å². The highest BCUT2D eigenvalue weighted by Gasteiger charge is 2.18. The average molecular weight is 394 g/mol. The summed E-state index contributed by atoms with van der Waals surface area (Å²) in [6.45, 7) is 2.18. The summed E-state index contributed by atoms with van der Waals surface area (Å²) in [6.07, 6.45) is 5.99. The minimum atomic E-state index is 0.612. The summed E-state index contributed by atoms with van der Waals surface area (Å²) >= 11 is 0. The molecule has 5 aromatic rings. The number of piperidine rings is 1. The van der Waals surface area contributed by atoms with Crippen molar-refractivity contribution in [2.24, 2.45) is 0 Å². The lowest BCUT2D eigenvalue weighted by Gasteiger charge is -2.23. The number of H-pyrrole nitrogens is 2. The van der Waals surface area contributed by atoms with Gasteiger partial charge in [0.15, 0.2) is 0 Å². The van der Waals surface area contributed by atoms with E-state index in [1.165, 1.54) is 18.4 Å². The third-order valence-electron chi connectivity index (χ3n) is 6.11. The van der Waals surface area contributed by atoms with Crippen LogP contribution in [0.25, 0.3) is 44.6 Å². The van der Waals surface area contributed by atoms with E-state index < -0.39 is 0 Å². The predicted octanol–water partition coefficient (Wildman–Crippen LogP) is 4.64. The minimum absolute atomic E-state index is 0.612. The standard InChI is InChI=1S/C24H22N6/c1-2-9-26-21(3-1)23-18-14-22(28-19(18)8-12-27-23)24-17-13-16(4-5-20(17)29-30-24)15-6-10-25-11-7-15/h1-5,8-9,12-15,25,28H,6-7,10-11H2,(H,29,30). The summed E-state index contributed by atoms with van der Waals surface area (Å²) < 4.78 is 0. The van der Waals surface area contributed by atoms with Crippen molar-refractivity contribution in [3.63, 3.8) is 0 Å². The van der Waals surface area contributed by atoms with Crippen LogP contribution in [0.3, 0.4) is 0 Å². The van der Waals surface area contributed by atoms with E-state index in [9.17, 15) is 0 Å². The van der Waals surface area contributed by atoms with Crippen molar-refractivity contribution in [1.82, 2.24) is 30.5 Å². The Morgan fingerprint density at radius 3 is 2.57 bits per heavy atom. The first-order chi connectivity index (χ1) is 14.9. The Morgan fingerprint density at radius 2 is 1.70 bits per heavy atom. The summed E-state index contributed by atoms with van der Waals surface area (Å²) in [7, 11) is 0. The van der Waals surface area contributed by atoms with Crippen molar-refractivity contribution in [3.8, 4) is 22.8 Å². The lowest BCUT2D eigenvalue weighted by Crippen LogP contribution is -2.26. The fraction of sp³-hybridized carbons (Fsp3) is 0.208. The predicted molar refractivity (Wildman–Crippen MR) is 119 cm³/mol. The molecule has 6 nitrogen and oxygen atoms in total. The number of benzene rings is 1. The van der Waals surface area contributed by atoms with E-state index in [4.69, 9.17) is 0 Å². The first-order valence-electron chi connectivity index (χ1n) is 10.4. The second kappa shape index (κ2) is 7.07. The highest BCUT2D eigenvalue weighted by Crippen LogP contribution is 2.34. The van der Waals surface area contributed by atoms with Gasteiger partial charge in [0.05, 0.1) is 22.6 Å². The first-order valence-corrected chi connectivity index (χ1v) is 10.4. The van der Waals surface area contributed by atoms with Gasteiger partial charge in [-0.2, -0.15) is 5.10 Å². The zero-order chi connectivity index (χ0) is 19.9. The molecule has 148 valence electrons. The van der Waals surface area contributed by atoms with Gasteiger partial charge in [-0.25, -0.2) is 0 Å². The summed E-state index contributed by atoms with van der Waals surface area (Å²) in [5, 5.41) is 13.5. The third-order valence-corrected chi connectivity index (χ3v) is 6.11. The van der Waals surface area contributed by atoms with Crippen LogP contribution in [0.5, 0.6) is 0 Å². The number of aromatic nitrogens is 5. The number of pyridine rings is 2. The molecule has 0 unspecified atom stereocenters. The van der Waals surface area contributed by atoms with Gasteiger partial charge in [-0.15, -0.1) is 0 Å². The monoisotopic (exact) mass is 394 g/mol. The van der Waals surface area contributed by atoms with Crippen LogP contribution in [0, 0.1) is 0 Å². The van der Waals surface area contributed by atoms with Crippen LogP contribution in [0.15, 0.2) is 60.9 Å². The fourth-order valence-corrected chi connectivity index (χ4v) is 4.53. The van der Waals surface area contributed by atoms with Crippen molar-refractivity contribution in [1.29, 1.82) is 0 Å². The molecule has 0 atom stereocenters. The van der Waals surface area contributed by atoms with E-state index >= 15 is 0 Å². The lowest BCUT2D eigenvalue weighted by atomic mass is 9.89. The molecule has 4 aromatic heterocycles. The van der Waals surface area contributed by atoms with Crippen molar-refractivity contribution in [3.05, 3.63) is 66.5 Å². The first kappa shape index (κ1) is 17.4. The summed E-state index contributed by atoms with van der Waals surface area (Å²) in [5.74, 6) is 0.612. The topological polar surface area (TPSA) is 82.3 Å². The SMILES string of the molecule is c1ccc(-c2nccc3[nH]c(-c4n[nH]c5ccc(C6CCNCC6)cc45)cc23)nc1. The number of aromatic amines is 2. The molecule has 0 spiro atoms. The second-order valence-corrected chi connectivity index (χ2v) is 7.92. The van der Waals surface area contributed by atoms with Gasteiger partial charge >= 0.3 is 0 Å². The van der Waals surface area contributed by atoms with E-state index in [0.29, 0.717) is 5.92 Å². The van der Waals surface area contributed by atoms with Gasteiger partial charge in [0.25, 0.3) is 0 Å². The molecule has 0 amide bonds. The quantitative estimate of drug-likeness (QED) is 0.416. The average Bonchev–Trinajstić information content (AvgIpc) is 3.43. The van der Waals surface area contributed by atoms with Crippen LogP contribution in [0.1, 0.15) is 24.3 Å². The molecule has 6 rings (SSSR count). The summed E-state index contributed by atoms with van der Waals surface area (Å²) in [5.41, 5.74) is 7.18.